The lowest BCUT2D eigenvalue weighted by Gasteiger charge is -2.07. The highest BCUT2D eigenvalue weighted by Gasteiger charge is 2.27. The molecule has 4 aromatic rings. The zero-order chi connectivity index (χ0) is 21.2. The summed E-state index contributed by atoms with van der Waals surface area (Å²) < 4.78 is 37.3. The Labute approximate surface area is 175 Å². The Balaban J connectivity index is 1.41. The predicted molar refractivity (Wildman–Crippen MR) is 106 cm³/mol. The van der Waals surface area contributed by atoms with Crippen LogP contribution in [0.5, 0.6) is 5.88 Å². The fraction of sp³-hybridized carbons (Fsp3) is 0.250. The van der Waals surface area contributed by atoms with Crippen LogP contribution in [0.1, 0.15) is 12.8 Å². The average molecular weight is 425 g/mol. The van der Waals surface area contributed by atoms with Crippen molar-refractivity contribution in [3.8, 4) is 28.7 Å². The summed E-state index contributed by atoms with van der Waals surface area (Å²) in [5, 5.41) is 11.0. The summed E-state index contributed by atoms with van der Waals surface area (Å²) in [5.41, 5.74) is 2.88. The van der Waals surface area contributed by atoms with E-state index in [0.717, 1.165) is 17.5 Å². The topological polar surface area (TPSA) is 104 Å². The number of aromatic nitrogens is 6. The molecule has 0 spiro atoms. The Hall–Kier alpha value is -3.89. The SMILES string of the molecule is FC(F)Cn1cc(Nc2nccc(-c3cccc(-c4ccon4)n3)n2)c(OC2CC2)n1. The quantitative estimate of drug-likeness (QED) is 0.453. The summed E-state index contributed by atoms with van der Waals surface area (Å²) >= 11 is 0. The second kappa shape index (κ2) is 8.09. The summed E-state index contributed by atoms with van der Waals surface area (Å²) in [4.78, 5) is 13.3. The Morgan fingerprint density at radius 1 is 1.10 bits per heavy atom. The molecule has 4 aromatic heterocycles. The first-order chi connectivity index (χ1) is 15.1. The molecule has 0 aromatic carbocycles. The Bertz CT molecular complexity index is 1180. The molecule has 1 N–H and O–H groups in total. The number of hydrogen-bond acceptors (Lipinski definition) is 8. The first kappa shape index (κ1) is 19.1. The molecule has 11 heteroatoms. The van der Waals surface area contributed by atoms with Crippen molar-refractivity contribution in [1.82, 2.24) is 29.9 Å². The average Bonchev–Trinajstić information content (AvgIpc) is 3.26. The normalized spacial score (nSPS) is 13.5. The Kier molecular flexibility index (Phi) is 4.98. The van der Waals surface area contributed by atoms with Gasteiger partial charge in [-0.15, -0.1) is 5.10 Å². The van der Waals surface area contributed by atoms with Crippen LogP contribution < -0.4 is 10.1 Å². The zero-order valence-corrected chi connectivity index (χ0v) is 16.2. The van der Waals surface area contributed by atoms with Crippen LogP contribution in [0.15, 0.2) is 53.5 Å². The number of pyridine rings is 1. The second-order valence-electron chi connectivity index (χ2n) is 6.96. The largest absolute Gasteiger partial charge is 0.472 e. The third kappa shape index (κ3) is 4.49. The molecule has 0 atom stereocenters. The van der Waals surface area contributed by atoms with E-state index in [1.165, 1.54) is 12.5 Å². The number of nitrogens with zero attached hydrogens (tertiary/aromatic N) is 6. The standard InChI is InChI=1S/C20H17F2N7O2/c21-18(22)11-29-10-17(19(27-29)31-12-4-5-12)26-20-23-8-6-15(25-20)13-2-1-3-14(24-13)16-7-9-30-28-16/h1-3,6-10,12,18H,4-5,11H2,(H,23,25,26). The lowest BCUT2D eigenvalue weighted by molar-refractivity contribution is 0.121. The van der Waals surface area contributed by atoms with Gasteiger partial charge in [0.05, 0.1) is 23.3 Å². The van der Waals surface area contributed by atoms with E-state index < -0.39 is 13.0 Å². The van der Waals surface area contributed by atoms with Crippen molar-refractivity contribution in [2.75, 3.05) is 5.32 Å². The maximum atomic E-state index is 12.8. The molecular weight excluding hydrogens is 408 g/mol. The van der Waals surface area contributed by atoms with Crippen LogP contribution in [0.3, 0.4) is 0 Å². The van der Waals surface area contributed by atoms with Gasteiger partial charge >= 0.3 is 0 Å². The maximum absolute atomic E-state index is 12.8. The molecule has 0 amide bonds. The summed E-state index contributed by atoms with van der Waals surface area (Å²) in [6.07, 6.45) is 3.90. The number of anilines is 2. The van der Waals surface area contributed by atoms with Gasteiger partial charge in [0, 0.05) is 12.3 Å². The van der Waals surface area contributed by atoms with Crippen LogP contribution >= 0.6 is 0 Å². The van der Waals surface area contributed by atoms with E-state index in [4.69, 9.17) is 9.26 Å². The predicted octanol–water partition coefficient (Wildman–Crippen LogP) is 3.94. The van der Waals surface area contributed by atoms with Crippen LogP contribution in [0.4, 0.5) is 20.4 Å². The van der Waals surface area contributed by atoms with Gasteiger partial charge < -0.3 is 14.6 Å². The van der Waals surface area contributed by atoms with Crippen LogP contribution in [-0.2, 0) is 6.54 Å². The first-order valence-corrected chi connectivity index (χ1v) is 9.64. The highest BCUT2D eigenvalue weighted by atomic mass is 19.3. The number of alkyl halides is 2. The maximum Gasteiger partial charge on any atom is 0.257 e. The van der Waals surface area contributed by atoms with Gasteiger partial charge in [0.25, 0.3) is 12.3 Å². The molecule has 1 aliphatic rings. The Morgan fingerprint density at radius 3 is 2.65 bits per heavy atom. The summed E-state index contributed by atoms with van der Waals surface area (Å²) in [5.74, 6) is 0.520. The third-order valence-electron chi connectivity index (χ3n) is 4.47. The highest BCUT2D eigenvalue weighted by molar-refractivity contribution is 5.64. The van der Waals surface area contributed by atoms with E-state index in [9.17, 15) is 8.78 Å². The fourth-order valence-corrected chi connectivity index (χ4v) is 2.90. The molecule has 31 heavy (non-hydrogen) atoms. The first-order valence-electron chi connectivity index (χ1n) is 9.64. The molecule has 0 radical (unpaired) electrons. The summed E-state index contributed by atoms with van der Waals surface area (Å²) in [6, 6.07) is 8.93. The van der Waals surface area contributed by atoms with Crippen molar-refractivity contribution >= 4 is 11.6 Å². The minimum atomic E-state index is -2.52. The number of ether oxygens (including phenoxy) is 1. The van der Waals surface area contributed by atoms with Crippen molar-refractivity contribution in [1.29, 1.82) is 0 Å². The van der Waals surface area contributed by atoms with E-state index >= 15 is 0 Å². The summed E-state index contributed by atoms with van der Waals surface area (Å²) in [6.45, 7) is -0.525. The molecule has 0 saturated heterocycles. The van der Waals surface area contributed by atoms with Crippen LogP contribution in [0.25, 0.3) is 22.8 Å². The van der Waals surface area contributed by atoms with Crippen molar-refractivity contribution in [3.63, 3.8) is 0 Å². The van der Waals surface area contributed by atoms with Crippen molar-refractivity contribution in [2.24, 2.45) is 0 Å². The van der Waals surface area contributed by atoms with Gasteiger partial charge in [0.2, 0.25) is 5.95 Å². The highest BCUT2D eigenvalue weighted by Crippen LogP contribution is 2.32. The third-order valence-corrected chi connectivity index (χ3v) is 4.47. The molecule has 0 unspecified atom stereocenters. The molecule has 4 heterocycles. The van der Waals surface area contributed by atoms with Crippen LogP contribution in [-0.4, -0.2) is 42.4 Å². The zero-order valence-electron chi connectivity index (χ0n) is 16.2. The minimum Gasteiger partial charge on any atom is -0.472 e. The van der Waals surface area contributed by atoms with Crippen molar-refractivity contribution in [2.45, 2.75) is 31.9 Å². The van der Waals surface area contributed by atoms with Gasteiger partial charge in [0.1, 0.15) is 30.3 Å². The number of rotatable bonds is 8. The molecule has 9 nitrogen and oxygen atoms in total. The molecule has 158 valence electrons. The molecular formula is C20H17F2N7O2. The van der Waals surface area contributed by atoms with E-state index in [2.05, 4.69) is 30.5 Å². The van der Waals surface area contributed by atoms with Gasteiger partial charge in [-0.25, -0.2) is 23.7 Å². The molecule has 1 aliphatic carbocycles. The molecule has 0 bridgehead atoms. The molecule has 1 fully saturated rings. The lowest BCUT2D eigenvalue weighted by Crippen LogP contribution is -2.07. The lowest BCUT2D eigenvalue weighted by atomic mass is 10.2. The van der Waals surface area contributed by atoms with Gasteiger partial charge in [-0.2, -0.15) is 0 Å². The van der Waals surface area contributed by atoms with E-state index in [0.29, 0.717) is 28.5 Å². The van der Waals surface area contributed by atoms with Gasteiger partial charge in [-0.3, -0.25) is 4.68 Å². The van der Waals surface area contributed by atoms with E-state index in [1.54, 1.807) is 18.3 Å². The molecule has 5 rings (SSSR count). The number of nitrogens with one attached hydrogen (secondary N) is 1. The van der Waals surface area contributed by atoms with Gasteiger partial charge in [-0.05, 0) is 31.0 Å². The Morgan fingerprint density at radius 2 is 1.90 bits per heavy atom. The number of hydrogen-bond donors (Lipinski definition) is 1. The van der Waals surface area contributed by atoms with E-state index in [1.807, 2.05) is 18.2 Å². The van der Waals surface area contributed by atoms with Crippen LogP contribution in [0, 0.1) is 0 Å². The monoisotopic (exact) mass is 425 g/mol. The molecule has 1 saturated carbocycles. The van der Waals surface area contributed by atoms with Crippen molar-refractivity contribution < 1.29 is 18.0 Å². The van der Waals surface area contributed by atoms with Crippen molar-refractivity contribution in [3.05, 3.63) is 49.0 Å². The van der Waals surface area contributed by atoms with Gasteiger partial charge in [0.15, 0.2) is 0 Å². The number of halogens is 2. The minimum absolute atomic E-state index is 0.0613. The van der Waals surface area contributed by atoms with E-state index in [-0.39, 0.29) is 17.9 Å². The smallest absolute Gasteiger partial charge is 0.257 e. The van der Waals surface area contributed by atoms with Gasteiger partial charge in [-0.1, -0.05) is 11.2 Å². The van der Waals surface area contributed by atoms with Crippen LogP contribution in [0.2, 0.25) is 0 Å². The second-order valence-corrected chi connectivity index (χ2v) is 6.96. The summed E-state index contributed by atoms with van der Waals surface area (Å²) in [7, 11) is 0. The molecule has 0 aliphatic heterocycles. The fourth-order valence-electron chi connectivity index (χ4n) is 2.90.